The lowest BCUT2D eigenvalue weighted by Crippen LogP contribution is -2.43. The highest BCUT2D eigenvalue weighted by Crippen LogP contribution is 2.41. The van der Waals surface area contributed by atoms with Crippen molar-refractivity contribution < 1.29 is 9.53 Å². The Labute approximate surface area is 172 Å². The van der Waals surface area contributed by atoms with Crippen LogP contribution in [0.3, 0.4) is 0 Å². The fraction of sp³-hybridized carbons (Fsp3) is 0.560. The first-order valence-corrected chi connectivity index (χ1v) is 12.7. The molecule has 3 heteroatoms. The van der Waals surface area contributed by atoms with Gasteiger partial charge in [-0.2, -0.15) is 0 Å². The summed E-state index contributed by atoms with van der Waals surface area (Å²) in [5.41, 5.74) is 7.33. The van der Waals surface area contributed by atoms with Crippen LogP contribution in [0.25, 0.3) is 0 Å². The van der Waals surface area contributed by atoms with Crippen LogP contribution in [0.15, 0.2) is 24.3 Å². The van der Waals surface area contributed by atoms with Gasteiger partial charge in [0.1, 0.15) is 8.07 Å². The van der Waals surface area contributed by atoms with E-state index in [-0.39, 0.29) is 5.97 Å². The van der Waals surface area contributed by atoms with Gasteiger partial charge >= 0.3 is 5.97 Å². The standard InChI is InChI=1S/C25H34O2Si/c1-18(2)28(19(3)4,20(5)6)17-16-23-10-8-9-11-24(23)25(27-21(7)26)15-14-22-12-13-22/h8-11,18-20,22,25H,12-13H2,1-7H3. The van der Waals surface area contributed by atoms with Crippen molar-refractivity contribution >= 4 is 14.0 Å². The quantitative estimate of drug-likeness (QED) is 0.334. The second kappa shape index (κ2) is 9.49. The minimum atomic E-state index is -1.83. The summed E-state index contributed by atoms with van der Waals surface area (Å²) in [6.07, 6.45) is 1.75. The maximum Gasteiger partial charge on any atom is 0.304 e. The van der Waals surface area contributed by atoms with Crippen LogP contribution in [-0.4, -0.2) is 14.0 Å². The number of ether oxygens (including phenoxy) is 1. The molecule has 1 aromatic rings. The van der Waals surface area contributed by atoms with E-state index in [0.717, 1.165) is 24.0 Å². The van der Waals surface area contributed by atoms with Crippen LogP contribution in [0.2, 0.25) is 16.6 Å². The highest BCUT2D eigenvalue weighted by atomic mass is 28.3. The Bertz CT molecular complexity index is 788. The third kappa shape index (κ3) is 5.30. The smallest absolute Gasteiger partial charge is 0.304 e. The van der Waals surface area contributed by atoms with Crippen LogP contribution in [0, 0.1) is 29.2 Å². The highest BCUT2D eigenvalue weighted by molar-refractivity contribution is 6.90. The monoisotopic (exact) mass is 394 g/mol. The molecule has 1 aliphatic rings. The molecule has 28 heavy (non-hydrogen) atoms. The zero-order valence-corrected chi connectivity index (χ0v) is 19.4. The molecule has 1 unspecified atom stereocenters. The molecule has 0 radical (unpaired) electrons. The summed E-state index contributed by atoms with van der Waals surface area (Å²) >= 11 is 0. The van der Waals surface area contributed by atoms with E-state index in [1.54, 1.807) is 0 Å². The molecule has 0 spiro atoms. The molecular weight excluding hydrogens is 360 g/mol. The zero-order chi connectivity index (χ0) is 20.9. The minimum absolute atomic E-state index is 0.312. The first kappa shape index (κ1) is 22.3. The minimum Gasteiger partial charge on any atom is -0.444 e. The van der Waals surface area contributed by atoms with Crippen LogP contribution >= 0.6 is 0 Å². The summed E-state index contributed by atoms with van der Waals surface area (Å²) < 4.78 is 5.56. The molecule has 1 aliphatic carbocycles. The number of benzene rings is 1. The average molecular weight is 395 g/mol. The molecule has 0 amide bonds. The normalized spacial score (nSPS) is 14.9. The van der Waals surface area contributed by atoms with Crippen molar-refractivity contribution in [3.8, 4) is 23.3 Å². The van der Waals surface area contributed by atoms with Gasteiger partial charge < -0.3 is 4.74 Å². The number of carbonyl (C=O) groups is 1. The predicted octanol–water partition coefficient (Wildman–Crippen LogP) is 6.27. The lowest BCUT2D eigenvalue weighted by Gasteiger charge is -2.38. The first-order valence-electron chi connectivity index (χ1n) is 10.5. The zero-order valence-electron chi connectivity index (χ0n) is 18.4. The fourth-order valence-corrected chi connectivity index (χ4v) is 9.42. The van der Waals surface area contributed by atoms with Gasteiger partial charge in [-0.1, -0.05) is 77.5 Å². The van der Waals surface area contributed by atoms with E-state index in [4.69, 9.17) is 4.74 Å². The SMILES string of the molecule is CC(=O)OC(C#CC1CC1)c1ccccc1C#C[Si](C(C)C)(C(C)C)C(C)C. The molecular formula is C25H34O2Si. The van der Waals surface area contributed by atoms with E-state index < -0.39 is 14.2 Å². The third-order valence-corrected chi connectivity index (χ3v) is 12.1. The van der Waals surface area contributed by atoms with Gasteiger partial charge in [-0.15, -0.1) is 5.54 Å². The Morgan fingerprint density at radius 3 is 2.11 bits per heavy atom. The lowest BCUT2D eigenvalue weighted by molar-refractivity contribution is -0.144. The Morgan fingerprint density at radius 1 is 1.04 bits per heavy atom. The third-order valence-electron chi connectivity index (χ3n) is 5.80. The first-order chi connectivity index (χ1) is 13.2. The molecule has 1 fully saturated rings. The van der Waals surface area contributed by atoms with E-state index in [2.05, 4.69) is 64.8 Å². The maximum absolute atomic E-state index is 11.7. The van der Waals surface area contributed by atoms with Crippen LogP contribution in [0.4, 0.5) is 0 Å². The van der Waals surface area contributed by atoms with Crippen molar-refractivity contribution in [2.24, 2.45) is 5.92 Å². The molecule has 0 N–H and O–H groups in total. The van der Waals surface area contributed by atoms with E-state index >= 15 is 0 Å². The topological polar surface area (TPSA) is 26.3 Å². The van der Waals surface area contributed by atoms with Gasteiger partial charge in [0.05, 0.1) is 0 Å². The van der Waals surface area contributed by atoms with Crippen LogP contribution in [0.1, 0.15) is 78.5 Å². The highest BCUT2D eigenvalue weighted by Gasteiger charge is 2.41. The molecule has 0 bridgehead atoms. The van der Waals surface area contributed by atoms with Crippen molar-refractivity contribution in [1.82, 2.24) is 0 Å². The number of hydrogen-bond acceptors (Lipinski definition) is 2. The van der Waals surface area contributed by atoms with Crippen molar-refractivity contribution in [2.45, 2.75) is 84.0 Å². The van der Waals surface area contributed by atoms with E-state index in [1.807, 2.05) is 24.3 Å². The fourth-order valence-electron chi connectivity index (χ4n) is 4.21. The molecule has 2 rings (SSSR count). The van der Waals surface area contributed by atoms with Crippen LogP contribution in [0.5, 0.6) is 0 Å². The molecule has 0 saturated heterocycles. The largest absolute Gasteiger partial charge is 0.444 e. The van der Waals surface area contributed by atoms with E-state index in [0.29, 0.717) is 22.5 Å². The van der Waals surface area contributed by atoms with Gasteiger partial charge in [-0.25, -0.2) is 0 Å². The second-order valence-corrected chi connectivity index (χ2v) is 14.4. The molecule has 2 nitrogen and oxygen atoms in total. The maximum atomic E-state index is 11.7. The van der Waals surface area contributed by atoms with Crippen molar-refractivity contribution in [1.29, 1.82) is 0 Å². The van der Waals surface area contributed by atoms with Gasteiger partial charge in [0.15, 0.2) is 6.10 Å². The molecule has 1 aromatic carbocycles. The summed E-state index contributed by atoms with van der Waals surface area (Å²) in [5.74, 6) is 10.1. The molecule has 0 heterocycles. The summed E-state index contributed by atoms with van der Waals surface area (Å²) in [7, 11) is -1.83. The summed E-state index contributed by atoms with van der Waals surface area (Å²) in [4.78, 5) is 11.7. The Hall–Kier alpha value is -1.97. The molecule has 0 aliphatic heterocycles. The summed E-state index contributed by atoms with van der Waals surface area (Å²) in [5, 5.41) is 0. The summed E-state index contributed by atoms with van der Waals surface area (Å²) in [6.45, 7) is 15.3. The number of esters is 1. The predicted molar refractivity (Wildman–Crippen MR) is 119 cm³/mol. The molecule has 150 valence electrons. The molecule has 1 saturated carbocycles. The van der Waals surface area contributed by atoms with Gasteiger partial charge in [-0.3, -0.25) is 4.79 Å². The van der Waals surface area contributed by atoms with Gasteiger partial charge in [-0.05, 0) is 35.5 Å². The van der Waals surface area contributed by atoms with Gasteiger partial charge in [0.25, 0.3) is 0 Å². The summed E-state index contributed by atoms with van der Waals surface area (Å²) in [6, 6.07) is 7.98. The lowest BCUT2D eigenvalue weighted by atomic mass is 10.0. The Balaban J connectivity index is 2.49. The number of carbonyl (C=O) groups excluding carboxylic acids is 1. The van der Waals surface area contributed by atoms with Crippen molar-refractivity contribution in [2.75, 3.05) is 0 Å². The number of rotatable bonds is 5. The van der Waals surface area contributed by atoms with Crippen molar-refractivity contribution in [3.05, 3.63) is 35.4 Å². The number of hydrogen-bond donors (Lipinski definition) is 0. The van der Waals surface area contributed by atoms with E-state index in [1.165, 1.54) is 6.92 Å². The van der Waals surface area contributed by atoms with Crippen LogP contribution < -0.4 is 0 Å². The molecule has 1 atom stereocenters. The van der Waals surface area contributed by atoms with Crippen molar-refractivity contribution in [3.63, 3.8) is 0 Å². The van der Waals surface area contributed by atoms with Crippen LogP contribution in [-0.2, 0) is 9.53 Å². The Kier molecular flexibility index (Phi) is 7.56. The molecule has 0 aromatic heterocycles. The van der Waals surface area contributed by atoms with Gasteiger partial charge in [0, 0.05) is 24.0 Å². The second-order valence-electron chi connectivity index (χ2n) is 8.79. The van der Waals surface area contributed by atoms with Gasteiger partial charge in [0.2, 0.25) is 0 Å². The van der Waals surface area contributed by atoms with E-state index in [9.17, 15) is 4.79 Å². The average Bonchev–Trinajstić information content (AvgIpc) is 3.42. The Morgan fingerprint density at radius 2 is 1.61 bits per heavy atom.